The zero-order valence-corrected chi connectivity index (χ0v) is 8.56. The fourth-order valence-electron chi connectivity index (χ4n) is 1.20. The molecule has 0 atom stereocenters. The van der Waals surface area contributed by atoms with Crippen molar-refractivity contribution >= 4 is 0 Å². The fourth-order valence-corrected chi connectivity index (χ4v) is 1.20. The smallest absolute Gasteiger partial charge is 0.130 e. The number of methoxy groups -OCH3 is 1. The Morgan fingerprint density at radius 1 is 1.36 bits per heavy atom. The van der Waals surface area contributed by atoms with E-state index in [2.05, 4.69) is 10.3 Å². The third kappa shape index (κ3) is 2.43. The van der Waals surface area contributed by atoms with Crippen LogP contribution in [0.25, 0.3) is 0 Å². The van der Waals surface area contributed by atoms with Gasteiger partial charge in [-0.05, 0) is 24.6 Å². The first kappa shape index (κ1) is 10.9. The minimum absolute atomic E-state index is 0.227. The average molecular weight is 199 g/mol. The maximum atomic E-state index is 13.5. The molecule has 4 heteroatoms. The maximum absolute atomic E-state index is 13.5. The van der Waals surface area contributed by atoms with E-state index in [4.69, 9.17) is 4.74 Å². The quantitative estimate of drug-likeness (QED) is 0.750. The number of halogens is 1. The lowest BCUT2D eigenvalue weighted by Gasteiger charge is -2.08. The van der Waals surface area contributed by atoms with Crippen molar-refractivity contribution in [3.63, 3.8) is 0 Å². The highest BCUT2D eigenvalue weighted by molar-refractivity contribution is 5.35. The van der Waals surface area contributed by atoms with Crippen molar-refractivity contribution in [3.8, 4) is 5.75 Å². The first-order chi connectivity index (χ1) is 6.69. The molecule has 1 rings (SSSR count). The first-order valence-electron chi connectivity index (χ1n) is 4.28. The summed E-state index contributed by atoms with van der Waals surface area (Å²) in [5, 5.41) is 0. The zero-order valence-electron chi connectivity index (χ0n) is 8.56. The van der Waals surface area contributed by atoms with Crippen LogP contribution in [0.1, 0.15) is 11.1 Å². The summed E-state index contributed by atoms with van der Waals surface area (Å²) in [4.78, 5) is 4.66. The molecule has 78 valence electrons. The van der Waals surface area contributed by atoms with E-state index < -0.39 is 0 Å². The molecule has 14 heavy (non-hydrogen) atoms. The summed E-state index contributed by atoms with van der Waals surface area (Å²) in [6, 6.07) is 3.31. The molecule has 0 aliphatic heterocycles. The molecule has 0 amide bonds. The van der Waals surface area contributed by atoms with Gasteiger partial charge >= 0.3 is 0 Å². The Kier molecular flexibility index (Phi) is 3.85. The van der Waals surface area contributed by atoms with Crippen molar-refractivity contribution in [3.05, 3.63) is 29.1 Å². The summed E-state index contributed by atoms with van der Waals surface area (Å²) in [6.07, 6.45) is 0. The maximum Gasteiger partial charge on any atom is 0.130 e. The Balaban J connectivity index is 2.95. The molecular formula is C10H14FNO2. The van der Waals surface area contributed by atoms with Gasteiger partial charge in [0, 0.05) is 12.1 Å². The van der Waals surface area contributed by atoms with Gasteiger partial charge in [-0.25, -0.2) is 4.39 Å². The summed E-state index contributed by atoms with van der Waals surface area (Å²) in [5.74, 6) is 0.423. The van der Waals surface area contributed by atoms with Crippen molar-refractivity contribution in [1.82, 2.24) is 5.48 Å². The molecule has 0 aromatic heterocycles. The molecule has 0 aliphatic rings. The van der Waals surface area contributed by atoms with Crippen LogP contribution in [0.15, 0.2) is 12.1 Å². The molecule has 0 fully saturated rings. The summed E-state index contributed by atoms with van der Waals surface area (Å²) >= 11 is 0. The highest BCUT2D eigenvalue weighted by Crippen LogP contribution is 2.20. The number of benzene rings is 1. The second-order valence-electron chi connectivity index (χ2n) is 2.94. The molecule has 0 unspecified atom stereocenters. The van der Waals surface area contributed by atoms with Crippen LogP contribution in [0, 0.1) is 12.7 Å². The van der Waals surface area contributed by atoms with E-state index in [-0.39, 0.29) is 5.82 Å². The van der Waals surface area contributed by atoms with Gasteiger partial charge in [0.1, 0.15) is 11.6 Å². The molecule has 0 spiro atoms. The van der Waals surface area contributed by atoms with E-state index in [9.17, 15) is 4.39 Å². The predicted molar refractivity (Wildman–Crippen MR) is 51.5 cm³/mol. The SMILES string of the molecule is CONCc1cc(OC)cc(C)c1F. The largest absolute Gasteiger partial charge is 0.497 e. The van der Waals surface area contributed by atoms with E-state index in [1.54, 1.807) is 26.2 Å². The van der Waals surface area contributed by atoms with Gasteiger partial charge in [-0.2, -0.15) is 5.48 Å². The van der Waals surface area contributed by atoms with Crippen LogP contribution in [0.4, 0.5) is 4.39 Å². The van der Waals surface area contributed by atoms with Crippen molar-refractivity contribution < 1.29 is 14.0 Å². The fraction of sp³-hybridized carbons (Fsp3) is 0.400. The summed E-state index contributed by atoms with van der Waals surface area (Å²) in [7, 11) is 3.05. The van der Waals surface area contributed by atoms with E-state index in [1.165, 1.54) is 7.11 Å². The minimum atomic E-state index is -0.227. The van der Waals surface area contributed by atoms with Crippen LogP contribution in [0.5, 0.6) is 5.75 Å². The average Bonchev–Trinajstić information content (AvgIpc) is 2.20. The number of hydrogen-bond donors (Lipinski definition) is 1. The predicted octanol–water partition coefficient (Wildman–Crippen LogP) is 1.79. The molecule has 3 nitrogen and oxygen atoms in total. The number of rotatable bonds is 4. The van der Waals surface area contributed by atoms with Gasteiger partial charge in [-0.3, -0.25) is 0 Å². The van der Waals surface area contributed by atoms with Gasteiger partial charge in [-0.15, -0.1) is 0 Å². The summed E-state index contributed by atoms with van der Waals surface area (Å²) in [5.41, 5.74) is 3.69. The minimum Gasteiger partial charge on any atom is -0.497 e. The molecule has 0 saturated heterocycles. The standard InChI is InChI=1S/C10H14FNO2/c1-7-4-9(13-2)5-8(10(7)11)6-12-14-3/h4-5,12H,6H2,1-3H3. The van der Waals surface area contributed by atoms with E-state index >= 15 is 0 Å². The molecule has 0 radical (unpaired) electrons. The molecule has 1 aromatic carbocycles. The molecule has 0 bridgehead atoms. The van der Waals surface area contributed by atoms with Crippen LogP contribution in [0.3, 0.4) is 0 Å². The number of hydrogen-bond acceptors (Lipinski definition) is 3. The summed E-state index contributed by atoms with van der Waals surface area (Å²) < 4.78 is 18.5. The third-order valence-electron chi connectivity index (χ3n) is 1.95. The van der Waals surface area contributed by atoms with Gasteiger partial charge < -0.3 is 9.57 Å². The molecule has 0 aliphatic carbocycles. The number of ether oxygens (including phenoxy) is 1. The molecular weight excluding hydrogens is 185 g/mol. The van der Waals surface area contributed by atoms with E-state index in [0.29, 0.717) is 23.4 Å². The van der Waals surface area contributed by atoms with Crippen molar-refractivity contribution in [2.75, 3.05) is 14.2 Å². The second-order valence-corrected chi connectivity index (χ2v) is 2.94. The lowest BCUT2D eigenvalue weighted by atomic mass is 10.1. The van der Waals surface area contributed by atoms with Gasteiger partial charge in [-0.1, -0.05) is 0 Å². The molecule has 0 heterocycles. The van der Waals surface area contributed by atoms with Crippen LogP contribution in [-0.4, -0.2) is 14.2 Å². The normalized spacial score (nSPS) is 10.3. The lowest BCUT2D eigenvalue weighted by Crippen LogP contribution is -2.12. The van der Waals surface area contributed by atoms with Gasteiger partial charge in [0.15, 0.2) is 0 Å². The van der Waals surface area contributed by atoms with E-state index in [0.717, 1.165) is 0 Å². The van der Waals surface area contributed by atoms with E-state index in [1.807, 2.05) is 0 Å². The Bertz CT molecular complexity index is 315. The van der Waals surface area contributed by atoms with Gasteiger partial charge in [0.25, 0.3) is 0 Å². The van der Waals surface area contributed by atoms with Crippen LogP contribution < -0.4 is 10.2 Å². The van der Waals surface area contributed by atoms with Crippen molar-refractivity contribution in [2.24, 2.45) is 0 Å². The monoisotopic (exact) mass is 199 g/mol. The molecule has 0 saturated carbocycles. The number of hydroxylamine groups is 1. The molecule has 1 aromatic rings. The highest BCUT2D eigenvalue weighted by Gasteiger charge is 2.07. The van der Waals surface area contributed by atoms with Gasteiger partial charge in [0.2, 0.25) is 0 Å². The summed E-state index contributed by atoms with van der Waals surface area (Å²) in [6.45, 7) is 2.02. The number of aryl methyl sites for hydroxylation is 1. The van der Waals surface area contributed by atoms with Crippen LogP contribution >= 0.6 is 0 Å². The first-order valence-corrected chi connectivity index (χ1v) is 4.28. The second kappa shape index (κ2) is 4.93. The van der Waals surface area contributed by atoms with Crippen LogP contribution in [0.2, 0.25) is 0 Å². The number of nitrogens with one attached hydrogen (secondary N) is 1. The lowest BCUT2D eigenvalue weighted by molar-refractivity contribution is 0.0858. The Morgan fingerprint density at radius 3 is 2.64 bits per heavy atom. The Morgan fingerprint density at radius 2 is 2.07 bits per heavy atom. The molecule has 1 N–H and O–H groups in total. The van der Waals surface area contributed by atoms with Crippen molar-refractivity contribution in [2.45, 2.75) is 13.5 Å². The Labute approximate surface area is 82.8 Å². The van der Waals surface area contributed by atoms with Gasteiger partial charge in [0.05, 0.1) is 14.2 Å². The van der Waals surface area contributed by atoms with Crippen LogP contribution in [-0.2, 0) is 11.4 Å². The Hall–Kier alpha value is -1.13. The third-order valence-corrected chi connectivity index (χ3v) is 1.95. The zero-order chi connectivity index (χ0) is 10.6. The highest BCUT2D eigenvalue weighted by atomic mass is 19.1. The van der Waals surface area contributed by atoms with Crippen molar-refractivity contribution in [1.29, 1.82) is 0 Å². The topological polar surface area (TPSA) is 30.5 Å².